The third kappa shape index (κ3) is 4.18. The molecule has 7 aromatic carbocycles. The number of benzene rings is 7. The van der Waals surface area contributed by atoms with Gasteiger partial charge in [0.15, 0.2) is 0 Å². The number of nitrogens with zero attached hydrogens (tertiary/aromatic N) is 5. The van der Waals surface area contributed by atoms with E-state index in [0.29, 0.717) is 11.3 Å². The molecule has 2 aliphatic rings. The first-order valence-corrected chi connectivity index (χ1v) is 18.3. The highest BCUT2D eigenvalue weighted by Crippen LogP contribution is 2.63. The molecule has 0 bridgehead atoms. The number of fused-ring (bicyclic) bond motifs is 12. The Kier molecular flexibility index (Phi) is 6.53. The summed E-state index contributed by atoms with van der Waals surface area (Å²) in [5.74, 6) is 0. The maximum atomic E-state index is 9.78. The maximum Gasteiger partial charge on any atom is 0.205 e. The summed E-state index contributed by atoms with van der Waals surface area (Å²) < 4.78 is 2.31. The summed E-state index contributed by atoms with van der Waals surface area (Å²) in [6, 6.07) is 60.3. The lowest BCUT2D eigenvalue weighted by Gasteiger charge is -2.45. The number of rotatable bonds is 3. The fourth-order valence-corrected chi connectivity index (χ4v) is 9.35. The lowest BCUT2D eigenvalue weighted by Crippen LogP contribution is -2.36. The zero-order chi connectivity index (χ0) is 36.7. The Labute approximate surface area is 318 Å². The standard InChI is InChI=1S/C50H29N5/c1-52-45-28-32(22-23-33(45)30-51)34-26-35(54-46-19-9-4-14-39(46)40-31-53-25-24-47(40)54)29-36(27-34)55-48-20-10-7-17-43(48)50(44-18-8-11-21-49(44)55)41-15-5-2-12-37(41)38-13-3-6-16-42(38)50/h2-29,31H. The van der Waals surface area contributed by atoms with Crippen molar-refractivity contribution in [2.24, 2.45) is 0 Å². The Morgan fingerprint density at radius 2 is 1.16 bits per heavy atom. The van der Waals surface area contributed by atoms with E-state index < -0.39 is 5.41 Å². The maximum absolute atomic E-state index is 9.78. The summed E-state index contributed by atoms with van der Waals surface area (Å²) in [6.45, 7) is 7.89. The van der Waals surface area contributed by atoms with Crippen LogP contribution in [0.5, 0.6) is 0 Å². The number of aromatic nitrogens is 2. The van der Waals surface area contributed by atoms with Gasteiger partial charge in [-0.25, -0.2) is 4.85 Å². The van der Waals surface area contributed by atoms with E-state index in [1.807, 2.05) is 24.5 Å². The molecule has 1 aliphatic carbocycles. The zero-order valence-corrected chi connectivity index (χ0v) is 29.5. The summed E-state index contributed by atoms with van der Waals surface area (Å²) in [5, 5.41) is 12.0. The molecule has 3 heterocycles. The van der Waals surface area contributed by atoms with Gasteiger partial charge in [0, 0.05) is 34.5 Å². The van der Waals surface area contributed by atoms with Crippen LogP contribution in [0.2, 0.25) is 0 Å². The molecule has 1 aliphatic heterocycles. The third-order valence-corrected chi connectivity index (χ3v) is 11.5. The van der Waals surface area contributed by atoms with E-state index in [9.17, 15) is 5.26 Å². The van der Waals surface area contributed by atoms with Crippen molar-refractivity contribution in [3.63, 3.8) is 0 Å². The van der Waals surface area contributed by atoms with Crippen molar-refractivity contribution in [3.8, 4) is 34.0 Å². The molecule has 0 N–H and O–H groups in total. The van der Waals surface area contributed by atoms with E-state index in [4.69, 9.17) is 6.57 Å². The van der Waals surface area contributed by atoms with Crippen LogP contribution in [0.3, 0.4) is 0 Å². The van der Waals surface area contributed by atoms with E-state index in [2.05, 4.69) is 171 Å². The van der Waals surface area contributed by atoms with Crippen molar-refractivity contribution < 1.29 is 0 Å². The monoisotopic (exact) mass is 699 g/mol. The molecule has 2 aromatic heterocycles. The number of pyridine rings is 1. The van der Waals surface area contributed by atoms with Crippen molar-refractivity contribution in [1.82, 2.24) is 9.55 Å². The SMILES string of the molecule is [C-]#[N+]c1cc(-c2cc(N3c4ccccc4C4(c5ccccc5-c5ccccc54)c4ccccc43)cc(-n3c4ccccc4c4cnccc43)c2)ccc1C#N. The molecule has 5 heteroatoms. The van der Waals surface area contributed by atoms with Crippen molar-refractivity contribution in [1.29, 1.82) is 5.26 Å². The first kappa shape index (κ1) is 30.9. The van der Waals surface area contributed by atoms with Crippen LogP contribution in [0, 0.1) is 17.9 Å². The first-order valence-electron chi connectivity index (χ1n) is 18.3. The van der Waals surface area contributed by atoms with Gasteiger partial charge in [-0.05, 0) is 93.0 Å². The Morgan fingerprint density at radius 3 is 1.85 bits per heavy atom. The normalized spacial score (nSPS) is 13.2. The Hall–Kier alpha value is -7.73. The lowest BCUT2D eigenvalue weighted by atomic mass is 9.64. The molecule has 0 fully saturated rings. The average molecular weight is 700 g/mol. The molecule has 9 aromatic rings. The number of para-hydroxylation sites is 3. The highest BCUT2D eigenvalue weighted by atomic mass is 15.2. The first-order chi connectivity index (χ1) is 27.2. The molecule has 0 saturated heterocycles. The van der Waals surface area contributed by atoms with E-state index in [1.54, 1.807) is 6.07 Å². The summed E-state index contributed by atoms with van der Waals surface area (Å²) in [7, 11) is 0. The molecular formula is C50H29N5. The van der Waals surface area contributed by atoms with Crippen LogP contribution < -0.4 is 4.90 Å². The molecular weight excluding hydrogens is 671 g/mol. The van der Waals surface area contributed by atoms with Crippen LogP contribution in [0.4, 0.5) is 22.7 Å². The summed E-state index contributed by atoms with van der Waals surface area (Å²) >= 11 is 0. The Morgan fingerprint density at radius 1 is 0.564 bits per heavy atom. The van der Waals surface area contributed by atoms with Gasteiger partial charge in [0.1, 0.15) is 0 Å². The lowest BCUT2D eigenvalue weighted by molar-refractivity contribution is 0.752. The molecule has 11 rings (SSSR count). The highest BCUT2D eigenvalue weighted by Gasteiger charge is 2.51. The van der Waals surface area contributed by atoms with Gasteiger partial charge in [-0.3, -0.25) is 4.98 Å². The molecule has 0 saturated carbocycles. The largest absolute Gasteiger partial charge is 0.310 e. The van der Waals surface area contributed by atoms with Crippen LogP contribution in [-0.4, -0.2) is 9.55 Å². The second-order valence-electron chi connectivity index (χ2n) is 14.1. The minimum absolute atomic E-state index is 0.337. The minimum Gasteiger partial charge on any atom is -0.310 e. The predicted octanol–water partition coefficient (Wildman–Crippen LogP) is 12.4. The number of hydrogen-bond acceptors (Lipinski definition) is 3. The summed E-state index contributed by atoms with van der Waals surface area (Å²) in [5.41, 5.74) is 15.8. The quantitative estimate of drug-likeness (QED) is 0.173. The van der Waals surface area contributed by atoms with Crippen LogP contribution in [0.15, 0.2) is 176 Å². The van der Waals surface area contributed by atoms with Gasteiger partial charge >= 0.3 is 0 Å². The van der Waals surface area contributed by atoms with Crippen LogP contribution >= 0.6 is 0 Å². The smallest absolute Gasteiger partial charge is 0.205 e. The van der Waals surface area contributed by atoms with Gasteiger partial charge < -0.3 is 9.47 Å². The van der Waals surface area contributed by atoms with Crippen LogP contribution in [-0.2, 0) is 5.41 Å². The van der Waals surface area contributed by atoms with Gasteiger partial charge in [0.05, 0.1) is 46.0 Å². The van der Waals surface area contributed by atoms with E-state index in [0.717, 1.165) is 55.7 Å². The molecule has 0 radical (unpaired) electrons. The van der Waals surface area contributed by atoms with Crippen LogP contribution in [0.1, 0.15) is 27.8 Å². The van der Waals surface area contributed by atoms with Crippen molar-refractivity contribution >= 4 is 44.6 Å². The van der Waals surface area contributed by atoms with Crippen molar-refractivity contribution in [2.75, 3.05) is 4.90 Å². The topological polar surface area (TPSA) is 49.2 Å². The van der Waals surface area contributed by atoms with E-state index in [1.165, 1.54) is 33.4 Å². The third-order valence-electron chi connectivity index (χ3n) is 11.5. The highest BCUT2D eigenvalue weighted by molar-refractivity contribution is 6.09. The fourth-order valence-electron chi connectivity index (χ4n) is 9.35. The number of anilines is 3. The van der Waals surface area contributed by atoms with Gasteiger partial charge in [-0.2, -0.15) is 5.26 Å². The van der Waals surface area contributed by atoms with Gasteiger partial charge in [-0.15, -0.1) is 0 Å². The van der Waals surface area contributed by atoms with Crippen molar-refractivity contribution in [2.45, 2.75) is 5.41 Å². The van der Waals surface area contributed by atoms with Crippen LogP contribution in [0.25, 0.3) is 54.6 Å². The second-order valence-corrected chi connectivity index (χ2v) is 14.1. The molecule has 5 nitrogen and oxygen atoms in total. The minimum atomic E-state index is -0.519. The summed E-state index contributed by atoms with van der Waals surface area (Å²) in [4.78, 5) is 10.6. The van der Waals surface area contributed by atoms with Gasteiger partial charge in [0.25, 0.3) is 0 Å². The van der Waals surface area contributed by atoms with Crippen molar-refractivity contribution in [3.05, 3.63) is 215 Å². The molecule has 254 valence electrons. The fraction of sp³-hybridized carbons (Fsp3) is 0.0200. The average Bonchev–Trinajstić information content (AvgIpc) is 3.75. The van der Waals surface area contributed by atoms with E-state index in [-0.39, 0.29) is 0 Å². The van der Waals surface area contributed by atoms with Gasteiger partial charge in [-0.1, -0.05) is 115 Å². The number of nitriles is 1. The molecule has 0 atom stereocenters. The molecule has 0 amide bonds. The molecule has 55 heavy (non-hydrogen) atoms. The van der Waals surface area contributed by atoms with Gasteiger partial charge in [0.2, 0.25) is 5.69 Å². The zero-order valence-electron chi connectivity index (χ0n) is 29.5. The Balaban J connectivity index is 1.23. The predicted molar refractivity (Wildman–Crippen MR) is 221 cm³/mol. The second kappa shape index (κ2) is 11.6. The Bertz CT molecular complexity index is 3010. The number of hydrogen-bond donors (Lipinski definition) is 0. The van der Waals surface area contributed by atoms with E-state index >= 15 is 0 Å². The molecule has 0 unspecified atom stereocenters. The summed E-state index contributed by atoms with van der Waals surface area (Å²) in [6.07, 6.45) is 3.79. The molecule has 1 spiro atoms.